The van der Waals surface area contributed by atoms with Crippen LogP contribution in [0.3, 0.4) is 0 Å². The summed E-state index contributed by atoms with van der Waals surface area (Å²) >= 11 is 0. The average molecular weight is 875 g/mol. The van der Waals surface area contributed by atoms with Gasteiger partial charge in [0.1, 0.15) is 11.5 Å². The zero-order valence-electron chi connectivity index (χ0n) is 37.8. The first-order valence-electron chi connectivity index (χ1n) is 22.4. The summed E-state index contributed by atoms with van der Waals surface area (Å²) in [5, 5.41) is 98.5. The Kier molecular flexibility index (Phi) is 20.2. The van der Waals surface area contributed by atoms with Gasteiger partial charge in [0.25, 0.3) is 0 Å². The van der Waals surface area contributed by atoms with E-state index in [1.165, 1.54) is 12.1 Å². The molecule has 0 spiro atoms. The highest BCUT2D eigenvalue weighted by Gasteiger charge is 2.50. The number of unbranched alkanes of at least 4 members (excludes halogenated alkanes) is 6. The van der Waals surface area contributed by atoms with Gasteiger partial charge < -0.3 is 51.1 Å². The highest BCUT2D eigenvalue weighted by Crippen LogP contribution is 2.51. The maximum atomic E-state index is 11.2. The molecule has 0 bridgehead atoms. The Morgan fingerprint density at radius 1 is 0.468 bits per heavy atom. The van der Waals surface area contributed by atoms with E-state index in [1.807, 2.05) is 13.8 Å². The zero-order valence-corrected chi connectivity index (χ0v) is 37.8. The van der Waals surface area contributed by atoms with Crippen LogP contribution in [-0.2, 0) is 44.9 Å². The second-order valence-electron chi connectivity index (χ2n) is 18.5. The fraction of sp³-hybridized carbons (Fsp3) is 0.667. The Hall–Kier alpha value is -4.88. The molecule has 2 fully saturated rings. The fourth-order valence-corrected chi connectivity index (χ4v) is 7.65. The summed E-state index contributed by atoms with van der Waals surface area (Å²) in [4.78, 5) is 44.6. The number of aryl methyl sites for hydroxylation is 2. The van der Waals surface area contributed by atoms with Gasteiger partial charge in [-0.25, -0.2) is 0 Å². The molecule has 0 unspecified atom stereocenters. The minimum absolute atomic E-state index is 0.0598. The summed E-state index contributed by atoms with van der Waals surface area (Å²) in [6.45, 7) is 10.8. The van der Waals surface area contributed by atoms with Crippen LogP contribution < -0.4 is 0 Å². The Morgan fingerprint density at radius 2 is 0.774 bits per heavy atom. The molecule has 0 aromatic heterocycles. The number of benzene rings is 2. The van der Waals surface area contributed by atoms with Gasteiger partial charge in [-0.05, 0) is 143 Å². The van der Waals surface area contributed by atoms with Crippen molar-refractivity contribution in [2.24, 2.45) is 21.7 Å². The van der Waals surface area contributed by atoms with Crippen molar-refractivity contribution in [2.75, 3.05) is 0 Å². The molecule has 0 radical (unpaired) electrons. The van der Waals surface area contributed by atoms with Crippen molar-refractivity contribution in [1.29, 1.82) is 0 Å². The van der Waals surface area contributed by atoms with E-state index in [0.29, 0.717) is 125 Å². The summed E-state index contributed by atoms with van der Waals surface area (Å²) in [7, 11) is 0. The molecule has 2 aliphatic rings. The average Bonchev–Trinajstić information content (AvgIpc) is 4.15. The minimum atomic E-state index is -0.825. The van der Waals surface area contributed by atoms with Crippen LogP contribution in [0.15, 0.2) is 12.1 Å². The van der Waals surface area contributed by atoms with Crippen LogP contribution in [0.4, 0.5) is 0 Å². The number of aromatic hydroxyl groups is 6. The van der Waals surface area contributed by atoms with Crippen molar-refractivity contribution in [3.05, 3.63) is 34.4 Å². The molecule has 62 heavy (non-hydrogen) atoms. The lowest BCUT2D eigenvalue weighted by atomic mass is 9.87. The van der Waals surface area contributed by atoms with Gasteiger partial charge in [-0.1, -0.05) is 52.4 Å². The van der Waals surface area contributed by atoms with Gasteiger partial charge >= 0.3 is 23.9 Å². The zero-order chi connectivity index (χ0) is 47.1. The molecule has 0 atom stereocenters. The van der Waals surface area contributed by atoms with E-state index in [0.717, 1.165) is 38.5 Å². The van der Waals surface area contributed by atoms with Crippen LogP contribution in [0.1, 0.15) is 179 Å². The molecule has 14 heteroatoms. The number of phenols is 6. The number of phenolic OH excluding ortho intramolecular Hbond substituents is 6. The second kappa shape index (κ2) is 23.5. The van der Waals surface area contributed by atoms with Crippen molar-refractivity contribution in [3.8, 4) is 34.5 Å². The van der Waals surface area contributed by atoms with Crippen molar-refractivity contribution < 1.29 is 70.2 Å². The monoisotopic (exact) mass is 875 g/mol. The Bertz CT molecular complexity index is 1820. The number of hydrogen-bond donors (Lipinski definition) is 10. The standard InChI is InChI=1S/2C23H34O7.C2H6/c1-22(2,20(27)28)10-6-3-4-9-16-17(24)14-15(18(25)19(16)26)8-5-7-11-23(12-13-23)21(29)30;1-22(2,20(27)28)10-6-3-4-8-15-14-17(24)16(19(26)18(15)25)9-5-7-11-23(12-13-23)21(29)30;1-2/h2*14,24-26H,3-13H2,1-2H3,(H,27,28)(H,29,30);1-2H3. The van der Waals surface area contributed by atoms with E-state index in [2.05, 4.69) is 0 Å². The first-order valence-corrected chi connectivity index (χ1v) is 22.4. The number of carboxylic acid groups (broad SMARTS) is 4. The Balaban J connectivity index is 0.000000410. The molecule has 14 nitrogen and oxygen atoms in total. The lowest BCUT2D eigenvalue weighted by Gasteiger charge is -2.18. The summed E-state index contributed by atoms with van der Waals surface area (Å²) in [5.74, 6) is -4.32. The summed E-state index contributed by atoms with van der Waals surface area (Å²) in [6, 6.07) is 2.95. The molecule has 2 aliphatic carbocycles. The van der Waals surface area contributed by atoms with Gasteiger partial charge in [-0.3, -0.25) is 19.2 Å². The van der Waals surface area contributed by atoms with E-state index in [4.69, 9.17) is 10.2 Å². The first-order chi connectivity index (χ1) is 29.0. The fourth-order valence-electron chi connectivity index (χ4n) is 7.65. The van der Waals surface area contributed by atoms with Gasteiger partial charge in [-0.2, -0.15) is 0 Å². The highest BCUT2D eigenvalue weighted by molar-refractivity contribution is 5.78. The number of aliphatic carboxylic acids is 4. The molecule has 0 heterocycles. The molecule has 2 saturated carbocycles. The van der Waals surface area contributed by atoms with Crippen molar-refractivity contribution in [3.63, 3.8) is 0 Å². The van der Waals surface area contributed by atoms with Gasteiger partial charge in [0.15, 0.2) is 23.0 Å². The van der Waals surface area contributed by atoms with E-state index < -0.39 is 45.5 Å². The predicted molar refractivity (Wildman–Crippen MR) is 235 cm³/mol. The van der Waals surface area contributed by atoms with E-state index in [1.54, 1.807) is 27.7 Å². The summed E-state index contributed by atoms with van der Waals surface area (Å²) in [5.41, 5.74) is -1.15. The number of carbonyl (C=O) groups is 4. The smallest absolute Gasteiger partial charge is 0.309 e. The summed E-state index contributed by atoms with van der Waals surface area (Å²) in [6.07, 6.45) is 13.9. The quantitative estimate of drug-likeness (QED) is 0.0239. The van der Waals surface area contributed by atoms with Gasteiger partial charge in [0, 0.05) is 22.3 Å². The molecule has 2 aromatic rings. The van der Waals surface area contributed by atoms with Crippen LogP contribution in [0.2, 0.25) is 0 Å². The number of hydrogen-bond acceptors (Lipinski definition) is 10. The third-order valence-corrected chi connectivity index (χ3v) is 12.8. The van der Waals surface area contributed by atoms with Crippen LogP contribution in [-0.4, -0.2) is 74.9 Å². The van der Waals surface area contributed by atoms with E-state index >= 15 is 0 Å². The van der Waals surface area contributed by atoms with Crippen molar-refractivity contribution in [1.82, 2.24) is 0 Å². The van der Waals surface area contributed by atoms with Crippen LogP contribution in [0.25, 0.3) is 0 Å². The molecule has 10 N–H and O–H groups in total. The van der Waals surface area contributed by atoms with E-state index in [9.17, 15) is 60.0 Å². The van der Waals surface area contributed by atoms with Gasteiger partial charge in [0.05, 0.1) is 21.7 Å². The lowest BCUT2D eigenvalue weighted by molar-refractivity contribution is -0.148. The highest BCUT2D eigenvalue weighted by atomic mass is 16.4. The third kappa shape index (κ3) is 15.2. The molecule has 0 saturated heterocycles. The second-order valence-corrected chi connectivity index (χ2v) is 18.5. The molecule has 0 aliphatic heterocycles. The maximum Gasteiger partial charge on any atom is 0.309 e. The first kappa shape index (κ1) is 53.3. The van der Waals surface area contributed by atoms with Gasteiger partial charge in [-0.15, -0.1) is 0 Å². The van der Waals surface area contributed by atoms with Crippen LogP contribution >= 0.6 is 0 Å². The van der Waals surface area contributed by atoms with Crippen LogP contribution in [0, 0.1) is 21.7 Å². The predicted octanol–water partition coefficient (Wildman–Crippen LogP) is 10.2. The summed E-state index contributed by atoms with van der Waals surface area (Å²) < 4.78 is 0. The third-order valence-electron chi connectivity index (χ3n) is 12.8. The normalized spacial score (nSPS) is 14.7. The molecule has 2 aromatic carbocycles. The lowest BCUT2D eigenvalue weighted by Crippen LogP contribution is -2.23. The molecule has 350 valence electrons. The molecular formula is C48H74O14. The van der Waals surface area contributed by atoms with E-state index in [-0.39, 0.29) is 34.5 Å². The maximum absolute atomic E-state index is 11.2. The largest absolute Gasteiger partial charge is 0.508 e. The number of carboxylic acids is 4. The van der Waals surface area contributed by atoms with Crippen molar-refractivity contribution >= 4 is 23.9 Å². The topological polar surface area (TPSA) is 271 Å². The number of rotatable bonds is 26. The van der Waals surface area contributed by atoms with Crippen molar-refractivity contribution in [2.45, 2.75) is 183 Å². The molecular weight excluding hydrogens is 801 g/mol. The Morgan fingerprint density at radius 3 is 1.08 bits per heavy atom. The molecule has 4 rings (SSSR count). The Labute approximate surface area is 366 Å². The van der Waals surface area contributed by atoms with Gasteiger partial charge in [0.2, 0.25) is 0 Å². The SMILES string of the molecule is CC.CC(C)(CCCCCc1c(O)cc(CCCCC2(C(=O)O)CC2)c(O)c1O)C(=O)O.CC(C)(CCCCCc1cc(O)c(CCCCC2(C(=O)O)CC2)c(O)c1O)C(=O)O. The minimum Gasteiger partial charge on any atom is -0.508 e. The molecule has 0 amide bonds. The van der Waals surface area contributed by atoms with Crippen LogP contribution in [0.5, 0.6) is 34.5 Å².